The fourth-order valence-corrected chi connectivity index (χ4v) is 5.15. The van der Waals surface area contributed by atoms with Crippen molar-refractivity contribution >= 4 is 0 Å². The van der Waals surface area contributed by atoms with Gasteiger partial charge in [0.2, 0.25) is 0 Å². The predicted molar refractivity (Wildman–Crippen MR) is 147 cm³/mol. The molecule has 194 valence electrons. The highest BCUT2D eigenvalue weighted by molar-refractivity contribution is 4.84. The highest BCUT2D eigenvalue weighted by Crippen LogP contribution is 2.14. The summed E-state index contributed by atoms with van der Waals surface area (Å²) in [6, 6.07) is 0. The van der Waals surface area contributed by atoms with Crippen LogP contribution in [-0.4, -0.2) is 4.57 Å². The first kappa shape index (κ1) is 30.2. The van der Waals surface area contributed by atoms with E-state index in [2.05, 4.69) is 42.3 Å². The van der Waals surface area contributed by atoms with Crippen molar-refractivity contribution in [2.24, 2.45) is 0 Å². The van der Waals surface area contributed by atoms with Crippen molar-refractivity contribution in [3.8, 4) is 0 Å². The maximum atomic E-state index is 2.58. The zero-order chi connectivity index (χ0) is 23.8. The Morgan fingerprint density at radius 1 is 0.515 bits per heavy atom. The van der Waals surface area contributed by atoms with Gasteiger partial charge in [-0.1, -0.05) is 136 Å². The van der Waals surface area contributed by atoms with E-state index in [9.17, 15) is 0 Å². The Morgan fingerprint density at radius 3 is 1.39 bits per heavy atom. The van der Waals surface area contributed by atoms with E-state index < -0.39 is 0 Å². The molecule has 1 rings (SSSR count). The second-order valence-corrected chi connectivity index (χ2v) is 10.6. The molecular formula is C31H61N2+. The van der Waals surface area contributed by atoms with Crippen LogP contribution in [-0.2, 0) is 19.5 Å². The maximum Gasteiger partial charge on any atom is 0.256 e. The number of imidazole rings is 1. The fourth-order valence-electron chi connectivity index (χ4n) is 5.15. The second-order valence-electron chi connectivity index (χ2n) is 10.6. The van der Waals surface area contributed by atoms with Crippen molar-refractivity contribution in [2.75, 3.05) is 0 Å². The average molecular weight is 462 g/mol. The Labute approximate surface area is 208 Å². The van der Waals surface area contributed by atoms with Crippen LogP contribution in [0, 0.1) is 0 Å². The molecule has 0 aliphatic carbocycles. The van der Waals surface area contributed by atoms with Crippen LogP contribution in [0.4, 0.5) is 0 Å². The largest absolute Gasteiger partial charge is 0.256 e. The summed E-state index contributed by atoms with van der Waals surface area (Å²) in [6.45, 7) is 9.31. The van der Waals surface area contributed by atoms with Gasteiger partial charge in [0.15, 0.2) is 0 Å². The zero-order valence-corrected chi connectivity index (χ0v) is 23.2. The van der Waals surface area contributed by atoms with Gasteiger partial charge in [-0.3, -0.25) is 0 Å². The summed E-state index contributed by atoms with van der Waals surface area (Å²) in [7, 11) is 0. The molecule has 2 heteroatoms. The summed E-state index contributed by atoms with van der Waals surface area (Å²) in [5.41, 5.74) is 0. The van der Waals surface area contributed by atoms with Gasteiger partial charge in [0.05, 0.1) is 13.1 Å². The number of hydrogen-bond acceptors (Lipinski definition) is 0. The standard InChI is InChI=1S/C31H61N2/c1-4-7-9-11-13-15-16-17-18-19-21-23-25-28-33-30-29-32(27-6-3)31(33)26-24-22-20-14-12-10-8-5-2/h29-30H,4-28H2,1-3H3/q+1. The lowest BCUT2D eigenvalue weighted by molar-refractivity contribution is -0.703. The van der Waals surface area contributed by atoms with E-state index in [-0.39, 0.29) is 0 Å². The van der Waals surface area contributed by atoms with Crippen molar-refractivity contribution in [1.29, 1.82) is 0 Å². The maximum absolute atomic E-state index is 2.58. The summed E-state index contributed by atoms with van der Waals surface area (Å²) >= 11 is 0. The van der Waals surface area contributed by atoms with Crippen molar-refractivity contribution in [3.63, 3.8) is 0 Å². The molecule has 1 aromatic heterocycles. The first-order chi connectivity index (χ1) is 16.3. The van der Waals surface area contributed by atoms with Gasteiger partial charge in [-0.25, -0.2) is 9.13 Å². The van der Waals surface area contributed by atoms with Crippen molar-refractivity contribution in [1.82, 2.24) is 4.57 Å². The third kappa shape index (κ3) is 16.5. The zero-order valence-electron chi connectivity index (χ0n) is 23.2. The first-order valence-corrected chi connectivity index (χ1v) is 15.4. The van der Waals surface area contributed by atoms with Gasteiger partial charge in [0.1, 0.15) is 12.4 Å². The lowest BCUT2D eigenvalue weighted by Crippen LogP contribution is -2.37. The molecule has 33 heavy (non-hydrogen) atoms. The Hall–Kier alpha value is -0.790. The first-order valence-electron chi connectivity index (χ1n) is 15.4. The summed E-state index contributed by atoms with van der Waals surface area (Å²) in [6.07, 6.45) is 37.2. The lowest BCUT2D eigenvalue weighted by atomic mass is 10.0. The van der Waals surface area contributed by atoms with Crippen molar-refractivity contribution < 1.29 is 4.57 Å². The van der Waals surface area contributed by atoms with Crippen LogP contribution in [0.15, 0.2) is 12.4 Å². The van der Waals surface area contributed by atoms with Crippen LogP contribution in [0.5, 0.6) is 0 Å². The third-order valence-corrected chi connectivity index (χ3v) is 7.31. The average Bonchev–Trinajstić information content (AvgIpc) is 3.20. The molecule has 0 amide bonds. The minimum absolute atomic E-state index is 1.18. The molecule has 2 nitrogen and oxygen atoms in total. The molecule has 0 bridgehead atoms. The van der Waals surface area contributed by atoms with E-state index in [1.807, 2.05) is 0 Å². The molecule has 0 aliphatic rings. The van der Waals surface area contributed by atoms with Gasteiger partial charge in [0.25, 0.3) is 5.82 Å². The second kappa shape index (κ2) is 23.0. The molecule has 0 fully saturated rings. The molecule has 0 atom stereocenters. The minimum Gasteiger partial charge on any atom is -0.234 e. The smallest absolute Gasteiger partial charge is 0.234 e. The summed E-state index contributed by atoms with van der Waals surface area (Å²) in [4.78, 5) is 0. The molecule has 1 aromatic rings. The lowest BCUT2D eigenvalue weighted by Gasteiger charge is -2.06. The van der Waals surface area contributed by atoms with E-state index in [1.54, 1.807) is 5.82 Å². The molecule has 1 heterocycles. The van der Waals surface area contributed by atoms with Gasteiger partial charge in [-0.2, -0.15) is 0 Å². The normalized spacial score (nSPS) is 11.5. The molecule has 0 spiro atoms. The van der Waals surface area contributed by atoms with E-state index in [4.69, 9.17) is 0 Å². The number of nitrogens with zero attached hydrogens (tertiary/aromatic N) is 2. The summed E-state index contributed by atoms with van der Waals surface area (Å²) < 4.78 is 5.11. The quantitative estimate of drug-likeness (QED) is 0.101. The monoisotopic (exact) mass is 461 g/mol. The molecule has 0 saturated heterocycles. The number of hydrogen-bond donors (Lipinski definition) is 0. The van der Waals surface area contributed by atoms with E-state index in [0.29, 0.717) is 0 Å². The van der Waals surface area contributed by atoms with Gasteiger partial charge in [-0.15, -0.1) is 0 Å². The number of unbranched alkanes of at least 4 members (excludes halogenated alkanes) is 19. The van der Waals surface area contributed by atoms with Gasteiger partial charge in [0, 0.05) is 6.42 Å². The molecule has 0 radical (unpaired) electrons. The highest BCUT2D eigenvalue weighted by atomic mass is 15.1. The summed E-state index contributed by atoms with van der Waals surface area (Å²) in [5, 5.41) is 0. The van der Waals surface area contributed by atoms with Crippen LogP contribution in [0.2, 0.25) is 0 Å². The number of rotatable bonds is 25. The molecule has 0 N–H and O–H groups in total. The van der Waals surface area contributed by atoms with E-state index in [0.717, 1.165) is 0 Å². The minimum atomic E-state index is 1.18. The molecule has 0 saturated carbocycles. The predicted octanol–water partition coefficient (Wildman–Crippen LogP) is 9.96. The Bertz CT molecular complexity index is 519. The highest BCUT2D eigenvalue weighted by Gasteiger charge is 2.15. The van der Waals surface area contributed by atoms with Crippen LogP contribution < -0.4 is 4.57 Å². The topological polar surface area (TPSA) is 8.81 Å². The van der Waals surface area contributed by atoms with Gasteiger partial charge < -0.3 is 0 Å². The molecule has 0 aliphatic heterocycles. The van der Waals surface area contributed by atoms with Gasteiger partial charge >= 0.3 is 0 Å². The Balaban J connectivity index is 2.12. The summed E-state index contributed by atoms with van der Waals surface area (Å²) in [5.74, 6) is 1.58. The fraction of sp³-hybridized carbons (Fsp3) is 0.903. The Morgan fingerprint density at radius 2 is 0.939 bits per heavy atom. The SMILES string of the molecule is CCCCCCCCCCCCCCCn1cc[n+](CCC)c1CCCCCCCCCC. The third-order valence-electron chi connectivity index (χ3n) is 7.31. The van der Waals surface area contributed by atoms with Crippen LogP contribution in [0.1, 0.15) is 168 Å². The van der Waals surface area contributed by atoms with Crippen LogP contribution in [0.25, 0.3) is 0 Å². The molecular weight excluding hydrogens is 400 g/mol. The van der Waals surface area contributed by atoms with Gasteiger partial charge in [-0.05, 0) is 25.7 Å². The van der Waals surface area contributed by atoms with Crippen LogP contribution >= 0.6 is 0 Å². The van der Waals surface area contributed by atoms with Crippen molar-refractivity contribution in [3.05, 3.63) is 18.2 Å². The van der Waals surface area contributed by atoms with E-state index >= 15 is 0 Å². The van der Waals surface area contributed by atoms with Crippen LogP contribution in [0.3, 0.4) is 0 Å². The van der Waals surface area contributed by atoms with E-state index in [1.165, 1.54) is 161 Å². The van der Waals surface area contributed by atoms with Crippen molar-refractivity contribution in [2.45, 2.75) is 182 Å². The molecule has 0 unspecified atom stereocenters. The molecule has 0 aromatic carbocycles. The number of aromatic nitrogens is 2. The Kier molecular flexibility index (Phi) is 21.1. The number of aryl methyl sites for hydroxylation is 2.